The molecule has 0 aliphatic carbocycles. The topological polar surface area (TPSA) is 106 Å². The van der Waals surface area contributed by atoms with Crippen molar-refractivity contribution < 1.29 is 9.53 Å². The summed E-state index contributed by atoms with van der Waals surface area (Å²) in [5, 5.41) is 3.96. The average Bonchev–Trinajstić information content (AvgIpc) is 3.16. The number of nitrogens with two attached hydrogens (primary N) is 1. The molecule has 7 nitrogen and oxygen atoms in total. The monoisotopic (exact) mass is 387 g/mol. The van der Waals surface area contributed by atoms with Gasteiger partial charge >= 0.3 is 0 Å². The molecular formula is C22H21N5O2. The van der Waals surface area contributed by atoms with Crippen LogP contribution in [0.15, 0.2) is 73.4 Å². The number of anilines is 1. The molecule has 1 aromatic carbocycles. The second kappa shape index (κ2) is 8.53. The molecule has 0 fully saturated rings. The van der Waals surface area contributed by atoms with Gasteiger partial charge in [0.2, 0.25) is 0 Å². The quantitative estimate of drug-likeness (QED) is 0.452. The van der Waals surface area contributed by atoms with Crippen LogP contribution in [0, 0.1) is 0 Å². The third kappa shape index (κ3) is 4.59. The highest BCUT2D eigenvalue weighted by atomic mass is 16.5. The first-order valence-corrected chi connectivity index (χ1v) is 9.29. The van der Waals surface area contributed by atoms with Crippen molar-refractivity contribution >= 4 is 22.5 Å². The average molecular weight is 387 g/mol. The predicted molar refractivity (Wildman–Crippen MR) is 112 cm³/mol. The zero-order valence-electron chi connectivity index (χ0n) is 15.7. The summed E-state index contributed by atoms with van der Waals surface area (Å²) in [5.74, 6) is 0.235. The normalized spacial score (nSPS) is 11.9. The Balaban J connectivity index is 1.36. The van der Waals surface area contributed by atoms with E-state index in [1.165, 1.54) is 11.6 Å². The first kappa shape index (κ1) is 18.6. The highest BCUT2D eigenvalue weighted by Crippen LogP contribution is 2.19. The molecule has 0 spiro atoms. The largest absolute Gasteiger partial charge is 0.490 e. The molecule has 4 rings (SSSR count). The van der Waals surface area contributed by atoms with E-state index in [2.05, 4.69) is 26.3 Å². The second-order valence-corrected chi connectivity index (χ2v) is 6.73. The fourth-order valence-corrected chi connectivity index (χ4v) is 3.11. The van der Waals surface area contributed by atoms with Gasteiger partial charge in [0.05, 0.1) is 11.8 Å². The second-order valence-electron chi connectivity index (χ2n) is 6.73. The molecule has 146 valence electrons. The number of amides is 1. The summed E-state index contributed by atoms with van der Waals surface area (Å²) in [6.45, 7) is 0.316. The summed E-state index contributed by atoms with van der Waals surface area (Å²) in [5.41, 5.74) is 9.57. The number of aromatic amines is 1. The summed E-state index contributed by atoms with van der Waals surface area (Å²) >= 11 is 0. The van der Waals surface area contributed by atoms with Crippen molar-refractivity contribution in [2.75, 3.05) is 11.9 Å². The molecule has 4 N–H and O–H groups in total. The van der Waals surface area contributed by atoms with E-state index in [1.807, 2.05) is 24.4 Å². The van der Waals surface area contributed by atoms with Crippen molar-refractivity contribution in [2.24, 2.45) is 5.73 Å². The Morgan fingerprint density at radius 1 is 1.14 bits per heavy atom. The number of hydrogen-bond acceptors (Lipinski definition) is 5. The summed E-state index contributed by atoms with van der Waals surface area (Å²) in [7, 11) is 0. The zero-order valence-corrected chi connectivity index (χ0v) is 15.7. The molecule has 3 aromatic heterocycles. The fraction of sp³-hybridized carbons (Fsp3) is 0.136. The zero-order chi connectivity index (χ0) is 20.1. The molecule has 0 aliphatic rings. The fourth-order valence-electron chi connectivity index (χ4n) is 3.11. The number of rotatable bonds is 7. The van der Waals surface area contributed by atoms with Gasteiger partial charge in [0.25, 0.3) is 5.91 Å². The predicted octanol–water partition coefficient (Wildman–Crippen LogP) is 3.16. The van der Waals surface area contributed by atoms with Crippen molar-refractivity contribution in [3.63, 3.8) is 0 Å². The van der Waals surface area contributed by atoms with Crippen LogP contribution < -0.4 is 15.8 Å². The highest BCUT2D eigenvalue weighted by Gasteiger charge is 2.12. The van der Waals surface area contributed by atoms with Gasteiger partial charge < -0.3 is 20.8 Å². The number of H-pyrrole nitrogens is 1. The molecule has 0 saturated carbocycles. The summed E-state index contributed by atoms with van der Waals surface area (Å²) in [6, 6.07) is 13.0. The number of para-hydroxylation sites is 1. The Labute approximate surface area is 168 Å². The number of carbonyl (C=O) groups is 1. The van der Waals surface area contributed by atoms with E-state index in [-0.39, 0.29) is 11.9 Å². The molecule has 29 heavy (non-hydrogen) atoms. The van der Waals surface area contributed by atoms with Crippen LogP contribution in [0.25, 0.3) is 10.9 Å². The first-order chi connectivity index (χ1) is 14.2. The summed E-state index contributed by atoms with van der Waals surface area (Å²) < 4.78 is 5.78. The molecule has 1 amide bonds. The minimum Gasteiger partial charge on any atom is -0.490 e. The van der Waals surface area contributed by atoms with Crippen LogP contribution in [-0.2, 0) is 6.42 Å². The molecule has 0 aliphatic heterocycles. The number of hydrogen-bond donors (Lipinski definition) is 3. The Morgan fingerprint density at radius 3 is 2.83 bits per heavy atom. The third-order valence-electron chi connectivity index (χ3n) is 4.53. The SMILES string of the molecule is N[C@H](COc1cncc(C(=O)Nc2ccncc2)c1)Cc1c[nH]c2ccccc12. The Hall–Kier alpha value is -3.71. The minimum atomic E-state index is -0.266. The maximum atomic E-state index is 12.4. The first-order valence-electron chi connectivity index (χ1n) is 9.29. The van der Waals surface area contributed by atoms with Crippen molar-refractivity contribution in [2.45, 2.75) is 12.5 Å². The lowest BCUT2D eigenvalue weighted by Crippen LogP contribution is -2.30. The molecular weight excluding hydrogens is 366 g/mol. The molecule has 0 saturated heterocycles. The van der Waals surface area contributed by atoms with Gasteiger partial charge in [-0.05, 0) is 36.2 Å². The lowest BCUT2D eigenvalue weighted by Gasteiger charge is -2.13. The molecule has 3 heterocycles. The van der Waals surface area contributed by atoms with Gasteiger partial charge in [0.15, 0.2) is 0 Å². The van der Waals surface area contributed by atoms with E-state index in [4.69, 9.17) is 10.5 Å². The van der Waals surface area contributed by atoms with Crippen LogP contribution in [0.5, 0.6) is 5.75 Å². The van der Waals surface area contributed by atoms with Crippen LogP contribution in [0.2, 0.25) is 0 Å². The number of benzene rings is 1. The van der Waals surface area contributed by atoms with Crippen molar-refractivity contribution in [1.82, 2.24) is 15.0 Å². The molecule has 4 aromatic rings. The van der Waals surface area contributed by atoms with Crippen LogP contribution >= 0.6 is 0 Å². The maximum Gasteiger partial charge on any atom is 0.257 e. The van der Waals surface area contributed by atoms with E-state index >= 15 is 0 Å². The van der Waals surface area contributed by atoms with Crippen molar-refractivity contribution in [3.05, 3.63) is 84.6 Å². The van der Waals surface area contributed by atoms with Crippen LogP contribution in [0.3, 0.4) is 0 Å². The number of ether oxygens (including phenoxy) is 1. The lowest BCUT2D eigenvalue weighted by atomic mass is 10.1. The Bertz CT molecular complexity index is 1110. The van der Waals surface area contributed by atoms with E-state index in [0.717, 1.165) is 11.1 Å². The van der Waals surface area contributed by atoms with Crippen LogP contribution in [0.4, 0.5) is 5.69 Å². The number of fused-ring (bicyclic) bond motifs is 1. The molecule has 0 unspecified atom stereocenters. The third-order valence-corrected chi connectivity index (χ3v) is 4.53. The van der Waals surface area contributed by atoms with E-state index in [9.17, 15) is 4.79 Å². The summed E-state index contributed by atoms with van der Waals surface area (Å²) in [4.78, 5) is 23.7. The van der Waals surface area contributed by atoms with Gasteiger partial charge in [-0.1, -0.05) is 18.2 Å². The maximum absolute atomic E-state index is 12.4. The standard InChI is InChI=1S/C22H21N5O2/c23-17(9-15-12-26-21-4-2-1-3-20(15)21)14-29-19-10-16(11-25-13-19)22(28)27-18-5-7-24-8-6-18/h1-8,10-13,17,26H,9,14,23H2,(H,24,27,28)/t17-/m0/s1. The minimum absolute atomic E-state index is 0.191. The van der Waals surface area contributed by atoms with E-state index < -0.39 is 0 Å². The lowest BCUT2D eigenvalue weighted by molar-refractivity contribution is 0.102. The number of pyridine rings is 2. The Kier molecular flexibility index (Phi) is 5.49. The highest BCUT2D eigenvalue weighted by molar-refractivity contribution is 6.04. The number of carbonyl (C=O) groups excluding carboxylic acids is 1. The van der Waals surface area contributed by atoms with Gasteiger partial charge in [-0.25, -0.2) is 0 Å². The van der Waals surface area contributed by atoms with Gasteiger partial charge in [0.1, 0.15) is 12.4 Å². The molecule has 0 bridgehead atoms. The molecule has 0 radical (unpaired) electrons. The molecule has 7 heteroatoms. The van der Waals surface area contributed by atoms with Crippen LogP contribution in [-0.4, -0.2) is 33.5 Å². The van der Waals surface area contributed by atoms with Gasteiger partial charge in [-0.2, -0.15) is 0 Å². The van der Waals surface area contributed by atoms with Gasteiger partial charge in [0, 0.05) is 47.4 Å². The Morgan fingerprint density at radius 2 is 1.97 bits per heavy atom. The van der Waals surface area contributed by atoms with Crippen molar-refractivity contribution in [3.8, 4) is 5.75 Å². The summed E-state index contributed by atoms with van der Waals surface area (Å²) in [6.07, 6.45) is 8.96. The number of nitrogens with one attached hydrogen (secondary N) is 2. The van der Waals surface area contributed by atoms with Crippen molar-refractivity contribution in [1.29, 1.82) is 0 Å². The number of nitrogens with zero attached hydrogens (tertiary/aromatic N) is 2. The van der Waals surface area contributed by atoms with Gasteiger partial charge in [-0.15, -0.1) is 0 Å². The number of aromatic nitrogens is 3. The van der Waals surface area contributed by atoms with Crippen LogP contribution in [0.1, 0.15) is 15.9 Å². The molecule has 1 atom stereocenters. The van der Waals surface area contributed by atoms with E-state index in [0.29, 0.717) is 30.0 Å². The smallest absolute Gasteiger partial charge is 0.257 e. The van der Waals surface area contributed by atoms with Gasteiger partial charge in [-0.3, -0.25) is 14.8 Å². The van der Waals surface area contributed by atoms with E-state index in [1.54, 1.807) is 36.8 Å².